The topological polar surface area (TPSA) is 114 Å². The smallest absolute Gasteiger partial charge is 0.281 e. The molecule has 0 spiro atoms. The predicted molar refractivity (Wildman–Crippen MR) is 99.8 cm³/mol. The number of aromatic amines is 1. The second-order valence-corrected chi connectivity index (χ2v) is 8.92. The number of fused-ring (bicyclic) bond motifs is 1. The fourth-order valence-electron chi connectivity index (χ4n) is 3.41. The third-order valence-corrected chi connectivity index (χ3v) is 6.25. The first kappa shape index (κ1) is 18.7. The molecule has 1 aliphatic rings. The first-order valence-corrected chi connectivity index (χ1v) is 10.7. The lowest BCUT2D eigenvalue weighted by molar-refractivity contribution is 0.315. The van der Waals surface area contributed by atoms with E-state index in [-0.39, 0.29) is 22.8 Å². The Morgan fingerprint density at radius 1 is 1.21 bits per heavy atom. The Morgan fingerprint density at radius 2 is 1.89 bits per heavy atom. The molecule has 0 amide bonds. The molecular weight excluding hydrogens is 387 g/mol. The summed E-state index contributed by atoms with van der Waals surface area (Å²) in [5, 5.41) is 7.91. The van der Waals surface area contributed by atoms with Crippen molar-refractivity contribution < 1.29 is 12.8 Å². The van der Waals surface area contributed by atoms with Crippen LogP contribution in [0.2, 0.25) is 0 Å². The average Bonchev–Trinajstić information content (AvgIpc) is 3.06. The van der Waals surface area contributed by atoms with E-state index in [0.29, 0.717) is 43.9 Å². The van der Waals surface area contributed by atoms with Crippen molar-refractivity contribution in [3.05, 3.63) is 51.8 Å². The molecule has 148 valence electrons. The van der Waals surface area contributed by atoms with Gasteiger partial charge in [-0.25, -0.2) is 26.8 Å². The molecule has 0 unspecified atom stereocenters. The van der Waals surface area contributed by atoms with E-state index in [4.69, 9.17) is 0 Å². The maximum Gasteiger partial charge on any atom is 0.281 e. The van der Waals surface area contributed by atoms with E-state index in [1.807, 2.05) is 0 Å². The summed E-state index contributed by atoms with van der Waals surface area (Å²) in [7, 11) is -3.22. The summed E-state index contributed by atoms with van der Waals surface area (Å²) in [6.07, 6.45) is 2.33. The number of aromatic nitrogens is 5. The molecule has 0 radical (unpaired) electrons. The highest BCUT2D eigenvalue weighted by Gasteiger charge is 2.28. The van der Waals surface area contributed by atoms with Crippen molar-refractivity contribution in [1.29, 1.82) is 0 Å². The molecule has 0 saturated carbocycles. The quantitative estimate of drug-likeness (QED) is 0.687. The second kappa shape index (κ2) is 7.06. The summed E-state index contributed by atoms with van der Waals surface area (Å²) in [5.74, 6) is 0.127. The van der Waals surface area contributed by atoms with E-state index in [1.54, 1.807) is 12.1 Å². The van der Waals surface area contributed by atoms with Crippen molar-refractivity contribution in [1.82, 2.24) is 29.3 Å². The second-order valence-electron chi connectivity index (χ2n) is 6.93. The molecule has 1 N–H and O–H groups in total. The molecule has 0 bridgehead atoms. The number of rotatable bonds is 4. The van der Waals surface area contributed by atoms with Crippen LogP contribution >= 0.6 is 0 Å². The SMILES string of the molecule is CS(=O)(=O)N1CCC(c2nc3c(nnn3Cc3ccc(F)cc3)c(=O)[nH]2)CC1. The summed E-state index contributed by atoms with van der Waals surface area (Å²) in [6, 6.07) is 5.99. The lowest BCUT2D eigenvalue weighted by atomic mass is 9.97. The molecule has 1 fully saturated rings. The van der Waals surface area contributed by atoms with Crippen molar-refractivity contribution in [3.63, 3.8) is 0 Å². The standard InChI is InChI=1S/C17H19FN6O3S/c1-28(26,27)23-8-6-12(7-9-23)15-19-16-14(17(25)20-15)21-22-24(16)10-11-2-4-13(18)5-3-11/h2-5,12H,6-10H2,1H3,(H,19,20,25). The molecule has 9 nitrogen and oxygen atoms in total. The van der Waals surface area contributed by atoms with Crippen molar-refractivity contribution >= 4 is 21.2 Å². The van der Waals surface area contributed by atoms with Gasteiger partial charge in [0.2, 0.25) is 10.0 Å². The average molecular weight is 406 g/mol. The number of nitrogens with zero attached hydrogens (tertiary/aromatic N) is 5. The molecule has 0 atom stereocenters. The summed E-state index contributed by atoms with van der Waals surface area (Å²) in [5.41, 5.74) is 0.919. The molecule has 4 rings (SSSR count). The molecular formula is C17H19FN6O3S. The van der Waals surface area contributed by atoms with Crippen LogP contribution < -0.4 is 5.56 Å². The number of piperidine rings is 1. The van der Waals surface area contributed by atoms with Crippen LogP contribution in [0, 0.1) is 5.82 Å². The molecule has 1 aromatic carbocycles. The Hall–Kier alpha value is -2.66. The largest absolute Gasteiger partial charge is 0.308 e. The van der Waals surface area contributed by atoms with Gasteiger partial charge in [0.1, 0.15) is 11.6 Å². The van der Waals surface area contributed by atoms with E-state index >= 15 is 0 Å². The zero-order valence-corrected chi connectivity index (χ0v) is 16.0. The molecule has 3 heterocycles. The molecule has 3 aromatic rings. The minimum Gasteiger partial charge on any atom is -0.308 e. The number of hydrogen-bond acceptors (Lipinski definition) is 6. The Kier molecular flexibility index (Phi) is 4.71. The van der Waals surface area contributed by atoms with Crippen molar-refractivity contribution in [2.75, 3.05) is 19.3 Å². The Bertz CT molecular complexity index is 1160. The van der Waals surface area contributed by atoms with Crippen molar-refractivity contribution in [2.24, 2.45) is 0 Å². The molecule has 1 aliphatic heterocycles. The maximum atomic E-state index is 13.1. The Balaban J connectivity index is 1.62. The van der Waals surface area contributed by atoms with Crippen LogP contribution in [-0.2, 0) is 16.6 Å². The van der Waals surface area contributed by atoms with Gasteiger partial charge in [0, 0.05) is 19.0 Å². The normalized spacial score (nSPS) is 16.6. The number of sulfonamides is 1. The van der Waals surface area contributed by atoms with Gasteiger partial charge in [0.15, 0.2) is 11.2 Å². The van der Waals surface area contributed by atoms with Gasteiger partial charge >= 0.3 is 0 Å². The number of hydrogen-bond donors (Lipinski definition) is 1. The summed E-state index contributed by atoms with van der Waals surface area (Å²) >= 11 is 0. The van der Waals surface area contributed by atoms with Gasteiger partial charge in [-0.2, -0.15) is 0 Å². The molecule has 11 heteroatoms. The monoisotopic (exact) mass is 406 g/mol. The van der Waals surface area contributed by atoms with E-state index < -0.39 is 10.0 Å². The van der Waals surface area contributed by atoms with Gasteiger partial charge in [0.25, 0.3) is 5.56 Å². The number of H-pyrrole nitrogens is 1. The summed E-state index contributed by atoms with van der Waals surface area (Å²) < 4.78 is 39.4. The van der Waals surface area contributed by atoms with Gasteiger partial charge in [-0.1, -0.05) is 17.3 Å². The number of benzene rings is 1. The Morgan fingerprint density at radius 3 is 2.54 bits per heavy atom. The van der Waals surface area contributed by atoms with Gasteiger partial charge in [-0.15, -0.1) is 5.10 Å². The number of nitrogens with one attached hydrogen (secondary N) is 1. The lowest BCUT2D eigenvalue weighted by Gasteiger charge is -2.29. The number of halogens is 1. The van der Waals surface area contributed by atoms with Crippen LogP contribution in [0.15, 0.2) is 29.1 Å². The zero-order chi connectivity index (χ0) is 19.9. The van der Waals surface area contributed by atoms with Gasteiger partial charge in [0.05, 0.1) is 12.8 Å². The van der Waals surface area contributed by atoms with Gasteiger partial charge in [-0.05, 0) is 30.5 Å². The first-order chi connectivity index (χ1) is 13.3. The van der Waals surface area contributed by atoms with Crippen molar-refractivity contribution in [2.45, 2.75) is 25.3 Å². The van der Waals surface area contributed by atoms with Crippen LogP contribution in [-0.4, -0.2) is 57.0 Å². The van der Waals surface area contributed by atoms with Crippen molar-refractivity contribution in [3.8, 4) is 0 Å². The predicted octanol–water partition coefficient (Wildman–Crippen LogP) is 0.841. The Labute approximate surface area is 160 Å². The molecule has 0 aliphatic carbocycles. The van der Waals surface area contributed by atoms with Crippen LogP contribution in [0.25, 0.3) is 11.2 Å². The highest BCUT2D eigenvalue weighted by atomic mass is 32.2. The fourth-order valence-corrected chi connectivity index (χ4v) is 4.28. The fraction of sp³-hybridized carbons (Fsp3) is 0.412. The van der Waals surface area contributed by atoms with Crippen LogP contribution in [0.4, 0.5) is 4.39 Å². The third-order valence-electron chi connectivity index (χ3n) is 4.95. The van der Waals surface area contributed by atoms with E-state index in [2.05, 4.69) is 20.3 Å². The minimum absolute atomic E-state index is 0.0516. The van der Waals surface area contributed by atoms with E-state index in [0.717, 1.165) is 5.56 Å². The summed E-state index contributed by atoms with van der Waals surface area (Å²) in [4.78, 5) is 19.7. The lowest BCUT2D eigenvalue weighted by Crippen LogP contribution is -2.37. The zero-order valence-electron chi connectivity index (χ0n) is 15.2. The van der Waals surface area contributed by atoms with Gasteiger partial charge < -0.3 is 4.98 Å². The van der Waals surface area contributed by atoms with E-state index in [9.17, 15) is 17.6 Å². The minimum atomic E-state index is -3.22. The van der Waals surface area contributed by atoms with Crippen LogP contribution in [0.1, 0.15) is 30.1 Å². The first-order valence-electron chi connectivity index (χ1n) is 8.84. The van der Waals surface area contributed by atoms with Crippen LogP contribution in [0.5, 0.6) is 0 Å². The molecule has 2 aromatic heterocycles. The molecule has 28 heavy (non-hydrogen) atoms. The summed E-state index contributed by atoms with van der Waals surface area (Å²) in [6.45, 7) is 1.08. The van der Waals surface area contributed by atoms with Crippen LogP contribution in [0.3, 0.4) is 0 Å². The highest BCUT2D eigenvalue weighted by molar-refractivity contribution is 7.88. The molecule has 1 saturated heterocycles. The van der Waals surface area contributed by atoms with Gasteiger partial charge in [-0.3, -0.25) is 4.79 Å². The van der Waals surface area contributed by atoms with E-state index in [1.165, 1.54) is 27.4 Å². The maximum absolute atomic E-state index is 13.1. The third kappa shape index (κ3) is 3.67. The highest BCUT2D eigenvalue weighted by Crippen LogP contribution is 2.26.